The molecule has 0 bridgehead atoms. The largest absolute Gasteiger partial charge is 0.414 e. The minimum atomic E-state index is -4.32. The lowest BCUT2D eigenvalue weighted by atomic mass is 10.4. The minimum absolute atomic E-state index is 0.0599. The van der Waals surface area contributed by atoms with Crippen LogP contribution in [0.15, 0.2) is 12.1 Å². The molecule has 17 heavy (non-hydrogen) atoms. The summed E-state index contributed by atoms with van der Waals surface area (Å²) < 4.78 is 41.2. The summed E-state index contributed by atoms with van der Waals surface area (Å²) in [6.45, 7) is 1.19. The van der Waals surface area contributed by atoms with Gasteiger partial charge in [-0.1, -0.05) is 11.8 Å². The highest BCUT2D eigenvalue weighted by Crippen LogP contribution is 2.24. The molecule has 1 rings (SSSR count). The lowest BCUT2D eigenvalue weighted by Gasteiger charge is -2.15. The highest BCUT2D eigenvalue weighted by molar-refractivity contribution is 7.12. The first-order valence-electron chi connectivity index (χ1n) is 4.89. The average Bonchev–Trinajstić information content (AvgIpc) is 2.69. The predicted molar refractivity (Wildman–Crippen MR) is 60.6 cm³/mol. The predicted octanol–water partition coefficient (Wildman–Crippen LogP) is 2.53. The lowest BCUT2D eigenvalue weighted by Crippen LogP contribution is -2.28. The van der Waals surface area contributed by atoms with Gasteiger partial charge in [-0.25, -0.2) is 0 Å². The molecule has 1 aromatic heterocycles. The van der Waals surface area contributed by atoms with Crippen LogP contribution in [0.2, 0.25) is 0 Å². The number of hydrogen-bond acceptors (Lipinski definition) is 3. The summed E-state index contributed by atoms with van der Waals surface area (Å²) in [5.41, 5.74) is 5.21. The molecule has 0 saturated heterocycles. The van der Waals surface area contributed by atoms with Crippen LogP contribution in [0, 0.1) is 11.8 Å². The molecular weight excluding hydrogens is 251 g/mol. The van der Waals surface area contributed by atoms with Gasteiger partial charge in [-0.2, -0.15) is 13.2 Å². The summed E-state index contributed by atoms with van der Waals surface area (Å²) in [7, 11) is 0. The van der Waals surface area contributed by atoms with Crippen molar-refractivity contribution in [1.82, 2.24) is 0 Å². The third-order valence-electron chi connectivity index (χ3n) is 1.91. The monoisotopic (exact) mass is 263 g/mol. The first kappa shape index (κ1) is 14.0. The maximum absolute atomic E-state index is 12.2. The Labute approximate surface area is 102 Å². The van der Waals surface area contributed by atoms with E-state index in [4.69, 9.17) is 10.5 Å². The van der Waals surface area contributed by atoms with Crippen molar-refractivity contribution in [2.75, 3.05) is 6.54 Å². The molecule has 1 unspecified atom stereocenters. The molecule has 0 aromatic carbocycles. The van der Waals surface area contributed by atoms with Crippen molar-refractivity contribution in [1.29, 1.82) is 0 Å². The fourth-order valence-electron chi connectivity index (χ4n) is 0.962. The summed E-state index contributed by atoms with van der Waals surface area (Å²) in [6, 6.07) is 3.44. The number of halogens is 3. The van der Waals surface area contributed by atoms with Crippen molar-refractivity contribution in [2.45, 2.75) is 25.8 Å². The Hall–Kier alpha value is -1.03. The minimum Gasteiger partial charge on any atom is -0.364 e. The van der Waals surface area contributed by atoms with Crippen LogP contribution < -0.4 is 5.73 Å². The smallest absolute Gasteiger partial charge is 0.364 e. The Balaban J connectivity index is 2.50. The third kappa shape index (κ3) is 4.77. The lowest BCUT2D eigenvalue weighted by molar-refractivity contribution is -0.217. The second-order valence-corrected chi connectivity index (χ2v) is 4.44. The first-order valence-corrected chi connectivity index (χ1v) is 5.71. The fraction of sp³-hybridized carbons (Fsp3) is 0.455. The van der Waals surface area contributed by atoms with Gasteiger partial charge in [0.1, 0.15) is 0 Å². The SMILES string of the molecule is CC(OCc1ccc(C#CCN)s1)C(F)(F)F. The summed E-state index contributed by atoms with van der Waals surface area (Å²) >= 11 is 1.30. The van der Waals surface area contributed by atoms with E-state index in [1.165, 1.54) is 11.3 Å². The van der Waals surface area contributed by atoms with Gasteiger partial charge in [0.15, 0.2) is 6.10 Å². The quantitative estimate of drug-likeness (QED) is 0.850. The van der Waals surface area contributed by atoms with E-state index >= 15 is 0 Å². The van der Waals surface area contributed by atoms with Crippen molar-refractivity contribution in [3.8, 4) is 11.8 Å². The number of alkyl halides is 3. The number of nitrogens with two attached hydrogens (primary N) is 1. The number of rotatable bonds is 3. The van der Waals surface area contributed by atoms with Crippen LogP contribution in [0.25, 0.3) is 0 Å². The summed E-state index contributed by atoms with van der Waals surface area (Å²) in [5, 5.41) is 0. The first-order chi connectivity index (χ1) is 7.93. The molecule has 2 nitrogen and oxygen atoms in total. The zero-order valence-corrected chi connectivity index (χ0v) is 9.99. The second-order valence-electron chi connectivity index (χ2n) is 3.27. The number of ether oxygens (including phenoxy) is 1. The van der Waals surface area contributed by atoms with Crippen molar-refractivity contribution in [3.63, 3.8) is 0 Å². The second kappa shape index (κ2) is 6.05. The van der Waals surface area contributed by atoms with Gasteiger partial charge in [0, 0.05) is 4.88 Å². The van der Waals surface area contributed by atoms with E-state index < -0.39 is 12.3 Å². The Morgan fingerprint density at radius 1 is 1.47 bits per heavy atom. The maximum atomic E-state index is 12.2. The van der Waals surface area contributed by atoms with E-state index in [2.05, 4.69) is 11.8 Å². The molecule has 0 aliphatic rings. The van der Waals surface area contributed by atoms with Crippen LogP contribution in [0.1, 0.15) is 16.7 Å². The van der Waals surface area contributed by atoms with E-state index in [1.54, 1.807) is 12.1 Å². The zero-order chi connectivity index (χ0) is 12.9. The van der Waals surface area contributed by atoms with Crippen molar-refractivity contribution in [3.05, 3.63) is 21.9 Å². The van der Waals surface area contributed by atoms with E-state index in [-0.39, 0.29) is 13.2 Å². The fourth-order valence-corrected chi connectivity index (χ4v) is 1.77. The van der Waals surface area contributed by atoms with Crippen LogP contribution in [0.5, 0.6) is 0 Å². The molecule has 6 heteroatoms. The molecule has 0 radical (unpaired) electrons. The average molecular weight is 263 g/mol. The Morgan fingerprint density at radius 2 is 2.18 bits per heavy atom. The number of hydrogen-bond donors (Lipinski definition) is 1. The van der Waals surface area contributed by atoms with Crippen LogP contribution >= 0.6 is 11.3 Å². The Kier molecular flexibility index (Phi) is 5.00. The molecule has 0 saturated carbocycles. The molecule has 2 N–H and O–H groups in total. The van der Waals surface area contributed by atoms with Gasteiger partial charge in [-0.05, 0) is 19.1 Å². The summed E-state index contributed by atoms with van der Waals surface area (Å²) in [6.07, 6.45) is -6.08. The van der Waals surface area contributed by atoms with Gasteiger partial charge < -0.3 is 10.5 Å². The molecule has 94 valence electrons. The van der Waals surface area contributed by atoms with Gasteiger partial charge in [0.25, 0.3) is 0 Å². The third-order valence-corrected chi connectivity index (χ3v) is 2.89. The topological polar surface area (TPSA) is 35.2 Å². The van der Waals surface area contributed by atoms with Gasteiger partial charge in [-0.3, -0.25) is 0 Å². The number of thiophene rings is 1. The van der Waals surface area contributed by atoms with Gasteiger partial charge in [0.05, 0.1) is 18.0 Å². The molecule has 0 aliphatic heterocycles. The van der Waals surface area contributed by atoms with Crippen molar-refractivity contribution in [2.24, 2.45) is 5.73 Å². The van der Waals surface area contributed by atoms with Crippen LogP contribution in [0.4, 0.5) is 13.2 Å². The van der Waals surface area contributed by atoms with Crippen molar-refractivity contribution >= 4 is 11.3 Å². The molecule has 0 aliphatic carbocycles. The normalized spacial score (nSPS) is 13.0. The van der Waals surface area contributed by atoms with Crippen LogP contribution in [0.3, 0.4) is 0 Å². The molecule has 1 heterocycles. The van der Waals surface area contributed by atoms with E-state index in [1.807, 2.05) is 0 Å². The van der Waals surface area contributed by atoms with Gasteiger partial charge in [0.2, 0.25) is 0 Å². The summed E-state index contributed by atoms with van der Waals surface area (Å²) in [5.74, 6) is 5.48. The van der Waals surface area contributed by atoms with Crippen LogP contribution in [-0.4, -0.2) is 18.8 Å². The van der Waals surface area contributed by atoms with E-state index in [0.29, 0.717) is 4.88 Å². The summed E-state index contributed by atoms with van der Waals surface area (Å²) in [4.78, 5) is 1.48. The Bertz CT molecular complexity index is 416. The maximum Gasteiger partial charge on any atom is 0.414 e. The Morgan fingerprint density at radius 3 is 2.76 bits per heavy atom. The van der Waals surface area contributed by atoms with Gasteiger partial charge in [-0.15, -0.1) is 11.3 Å². The molecule has 1 aromatic rings. The molecule has 0 spiro atoms. The highest BCUT2D eigenvalue weighted by Gasteiger charge is 2.36. The van der Waals surface area contributed by atoms with E-state index in [0.717, 1.165) is 11.8 Å². The molecular formula is C11H12F3NOS. The van der Waals surface area contributed by atoms with Gasteiger partial charge >= 0.3 is 6.18 Å². The van der Waals surface area contributed by atoms with Crippen LogP contribution in [-0.2, 0) is 11.3 Å². The molecule has 1 atom stereocenters. The highest BCUT2D eigenvalue weighted by atomic mass is 32.1. The zero-order valence-electron chi connectivity index (χ0n) is 9.17. The van der Waals surface area contributed by atoms with Crippen molar-refractivity contribution < 1.29 is 17.9 Å². The molecule has 0 amide bonds. The standard InChI is InChI=1S/C11H12F3NOS/c1-8(11(12,13)14)16-7-10-5-4-9(17-10)3-2-6-15/h4-5,8H,6-7,15H2,1H3. The molecule has 0 fully saturated rings. The van der Waals surface area contributed by atoms with E-state index in [9.17, 15) is 13.2 Å².